The third-order valence-electron chi connectivity index (χ3n) is 5.94. The minimum Gasteiger partial charge on any atom is -0.361 e. The maximum absolute atomic E-state index is 13.3. The Balaban J connectivity index is 1.38. The minimum atomic E-state index is -0.728. The highest BCUT2D eigenvalue weighted by molar-refractivity contribution is 7.12. The minimum absolute atomic E-state index is 0.245. The Morgan fingerprint density at radius 1 is 1.09 bits per heavy atom. The van der Waals surface area contributed by atoms with E-state index in [9.17, 15) is 9.59 Å². The van der Waals surface area contributed by atoms with Gasteiger partial charge in [-0.1, -0.05) is 36.4 Å². The number of amides is 2. The molecular formula is C26H25N5O2S. The summed E-state index contributed by atoms with van der Waals surface area (Å²) in [4.78, 5) is 34.6. The number of hydrogen-bond acceptors (Lipinski definition) is 4. The fraction of sp³-hybridized carbons (Fsp3) is 0.192. The largest absolute Gasteiger partial charge is 0.361 e. The molecule has 3 heterocycles. The average molecular weight is 472 g/mol. The summed E-state index contributed by atoms with van der Waals surface area (Å²) in [5.74, 6) is 0.285. The molecule has 0 fully saturated rings. The molecule has 0 saturated heterocycles. The van der Waals surface area contributed by atoms with Crippen LogP contribution in [0.15, 0.2) is 72.2 Å². The number of nitrogens with one attached hydrogen (secondary N) is 3. The van der Waals surface area contributed by atoms with Crippen molar-refractivity contribution in [2.45, 2.75) is 32.5 Å². The lowest BCUT2D eigenvalue weighted by Crippen LogP contribution is -2.47. The molecule has 0 aliphatic rings. The van der Waals surface area contributed by atoms with Crippen LogP contribution in [0.25, 0.3) is 21.9 Å². The SMILES string of the molecule is CCn1c(CNC(=O)C(Cc2c[nH]c3ccccc23)NC(=O)c2cccs2)nc2ccccc21. The molecule has 2 amide bonds. The van der Waals surface area contributed by atoms with Crippen molar-refractivity contribution in [2.24, 2.45) is 0 Å². The van der Waals surface area contributed by atoms with Gasteiger partial charge in [0.25, 0.3) is 5.91 Å². The molecule has 34 heavy (non-hydrogen) atoms. The lowest BCUT2D eigenvalue weighted by atomic mass is 10.0. The van der Waals surface area contributed by atoms with Gasteiger partial charge in [0.15, 0.2) is 0 Å². The van der Waals surface area contributed by atoms with E-state index in [4.69, 9.17) is 4.98 Å². The van der Waals surface area contributed by atoms with E-state index in [0.29, 0.717) is 11.3 Å². The van der Waals surface area contributed by atoms with Crippen molar-refractivity contribution in [3.8, 4) is 0 Å². The van der Waals surface area contributed by atoms with Crippen molar-refractivity contribution in [3.63, 3.8) is 0 Å². The Morgan fingerprint density at radius 3 is 2.74 bits per heavy atom. The molecule has 172 valence electrons. The average Bonchev–Trinajstić information content (AvgIpc) is 3.60. The van der Waals surface area contributed by atoms with Crippen molar-refractivity contribution in [3.05, 3.63) is 88.5 Å². The Hall–Kier alpha value is -3.91. The van der Waals surface area contributed by atoms with E-state index in [1.54, 1.807) is 6.07 Å². The fourth-order valence-corrected chi connectivity index (χ4v) is 4.90. The normalized spacial score (nSPS) is 12.1. The maximum atomic E-state index is 13.3. The Morgan fingerprint density at radius 2 is 1.91 bits per heavy atom. The number of carbonyl (C=O) groups excluding carboxylic acids is 2. The standard InChI is InChI=1S/C26H25N5O2S/c1-2-31-22-11-6-5-10-20(22)29-24(31)16-28-25(32)21(30-26(33)23-12-7-13-34-23)14-17-15-27-19-9-4-3-8-18(17)19/h3-13,15,21,27H,2,14,16H2,1H3,(H,28,32)(H,30,33). The number of benzene rings is 2. The predicted octanol–water partition coefficient (Wildman–Crippen LogP) is 4.26. The first-order chi connectivity index (χ1) is 16.6. The van der Waals surface area contributed by atoms with Gasteiger partial charge in [0.2, 0.25) is 5.91 Å². The van der Waals surface area contributed by atoms with Gasteiger partial charge in [-0.05, 0) is 42.1 Å². The number of rotatable bonds is 8. The zero-order valence-electron chi connectivity index (χ0n) is 18.7. The molecule has 0 aliphatic carbocycles. The molecule has 5 aromatic rings. The number of H-pyrrole nitrogens is 1. The number of aromatic amines is 1. The molecule has 1 atom stereocenters. The molecule has 0 bridgehead atoms. The van der Waals surface area contributed by atoms with Crippen LogP contribution in [0, 0.1) is 0 Å². The highest BCUT2D eigenvalue weighted by atomic mass is 32.1. The lowest BCUT2D eigenvalue weighted by Gasteiger charge is -2.18. The van der Waals surface area contributed by atoms with Gasteiger partial charge >= 0.3 is 0 Å². The summed E-state index contributed by atoms with van der Waals surface area (Å²) in [6.45, 7) is 3.08. The summed E-state index contributed by atoms with van der Waals surface area (Å²) < 4.78 is 2.09. The molecule has 0 aliphatic heterocycles. The van der Waals surface area contributed by atoms with Crippen LogP contribution in [-0.4, -0.2) is 32.4 Å². The van der Waals surface area contributed by atoms with E-state index < -0.39 is 6.04 Å². The van der Waals surface area contributed by atoms with Crippen LogP contribution >= 0.6 is 11.3 Å². The summed E-state index contributed by atoms with van der Waals surface area (Å²) in [5, 5.41) is 8.82. The van der Waals surface area contributed by atoms with E-state index in [-0.39, 0.29) is 18.4 Å². The van der Waals surface area contributed by atoms with Crippen molar-refractivity contribution in [1.82, 2.24) is 25.2 Å². The molecule has 8 heteroatoms. The van der Waals surface area contributed by atoms with E-state index in [1.165, 1.54) is 11.3 Å². The van der Waals surface area contributed by atoms with Crippen LogP contribution in [0.2, 0.25) is 0 Å². The second-order valence-corrected chi connectivity index (χ2v) is 8.99. The topological polar surface area (TPSA) is 91.8 Å². The number of fused-ring (bicyclic) bond motifs is 2. The number of thiophene rings is 1. The van der Waals surface area contributed by atoms with Gasteiger partial charge in [-0.2, -0.15) is 0 Å². The molecule has 0 spiro atoms. The van der Waals surface area contributed by atoms with E-state index >= 15 is 0 Å². The predicted molar refractivity (Wildman–Crippen MR) is 135 cm³/mol. The van der Waals surface area contributed by atoms with E-state index in [2.05, 4.69) is 27.1 Å². The zero-order valence-corrected chi connectivity index (χ0v) is 19.6. The summed E-state index contributed by atoms with van der Waals surface area (Å²) in [6, 6.07) is 18.7. The summed E-state index contributed by atoms with van der Waals surface area (Å²) in [6.07, 6.45) is 2.27. The van der Waals surface area contributed by atoms with Crippen LogP contribution < -0.4 is 10.6 Å². The van der Waals surface area contributed by atoms with Gasteiger partial charge in [0.1, 0.15) is 11.9 Å². The van der Waals surface area contributed by atoms with E-state index in [1.807, 2.05) is 66.2 Å². The first-order valence-electron chi connectivity index (χ1n) is 11.2. The van der Waals surface area contributed by atoms with E-state index in [0.717, 1.165) is 39.9 Å². The maximum Gasteiger partial charge on any atom is 0.262 e. The van der Waals surface area contributed by atoms with Crippen molar-refractivity contribution in [1.29, 1.82) is 0 Å². The monoisotopic (exact) mass is 471 g/mol. The van der Waals surface area contributed by atoms with Crippen LogP contribution in [0.4, 0.5) is 0 Å². The number of imidazole rings is 1. The molecule has 2 aromatic carbocycles. The lowest BCUT2D eigenvalue weighted by molar-refractivity contribution is -0.123. The number of para-hydroxylation sites is 3. The number of nitrogens with zero attached hydrogens (tertiary/aromatic N) is 2. The Bertz CT molecular complexity index is 1450. The molecule has 0 radical (unpaired) electrons. The molecule has 3 N–H and O–H groups in total. The summed E-state index contributed by atoms with van der Waals surface area (Å²) in [7, 11) is 0. The van der Waals surface area contributed by atoms with Crippen LogP contribution in [0.3, 0.4) is 0 Å². The Kier molecular flexibility index (Phi) is 6.14. The number of aromatic nitrogens is 3. The zero-order chi connectivity index (χ0) is 23.5. The number of aryl methyl sites for hydroxylation is 1. The number of carbonyl (C=O) groups is 2. The van der Waals surface area contributed by atoms with Crippen molar-refractivity contribution in [2.75, 3.05) is 0 Å². The molecule has 5 rings (SSSR count). The quantitative estimate of drug-likeness (QED) is 0.316. The van der Waals surface area contributed by atoms with Crippen molar-refractivity contribution < 1.29 is 9.59 Å². The highest BCUT2D eigenvalue weighted by Gasteiger charge is 2.24. The molecule has 7 nitrogen and oxygen atoms in total. The van der Waals surface area contributed by atoms with Crippen LogP contribution in [-0.2, 0) is 24.3 Å². The Labute approximate surface area is 200 Å². The third kappa shape index (κ3) is 4.32. The fourth-order valence-electron chi connectivity index (χ4n) is 4.27. The smallest absolute Gasteiger partial charge is 0.262 e. The van der Waals surface area contributed by atoms with Crippen LogP contribution in [0.1, 0.15) is 28.0 Å². The van der Waals surface area contributed by atoms with Gasteiger partial charge in [0, 0.05) is 30.1 Å². The van der Waals surface area contributed by atoms with Gasteiger partial charge in [-0.25, -0.2) is 4.98 Å². The van der Waals surface area contributed by atoms with Crippen LogP contribution in [0.5, 0.6) is 0 Å². The second-order valence-electron chi connectivity index (χ2n) is 8.05. The molecule has 1 unspecified atom stereocenters. The third-order valence-corrected chi connectivity index (χ3v) is 6.80. The highest BCUT2D eigenvalue weighted by Crippen LogP contribution is 2.20. The summed E-state index contributed by atoms with van der Waals surface area (Å²) in [5.41, 5.74) is 3.91. The second kappa shape index (κ2) is 9.52. The first-order valence-corrected chi connectivity index (χ1v) is 12.1. The van der Waals surface area contributed by atoms with Gasteiger partial charge in [-0.15, -0.1) is 11.3 Å². The number of hydrogen-bond donors (Lipinski definition) is 3. The molecule has 0 saturated carbocycles. The van der Waals surface area contributed by atoms with Gasteiger partial charge < -0.3 is 20.2 Å². The summed E-state index contributed by atoms with van der Waals surface area (Å²) >= 11 is 1.35. The molecule has 3 aromatic heterocycles. The van der Waals surface area contributed by atoms with Gasteiger partial charge in [0.05, 0.1) is 22.5 Å². The molecular weight excluding hydrogens is 446 g/mol. The van der Waals surface area contributed by atoms with Crippen molar-refractivity contribution >= 4 is 45.1 Å². The first kappa shape index (κ1) is 21.9. The van der Waals surface area contributed by atoms with Gasteiger partial charge in [-0.3, -0.25) is 9.59 Å².